The van der Waals surface area contributed by atoms with Gasteiger partial charge in [0.15, 0.2) is 0 Å². The standard InChI is InChI=1S/C16H18ClNO3/c1-21-16(20)14-4-2-3-11-18(14)15(19)10-7-12-5-8-13(17)9-6-12/h5-10,14H,2-4,11H2,1H3/b10-7+/t14-/m1/s1. The number of carbonyl (C=O) groups excluding carboxylic acids is 2. The summed E-state index contributed by atoms with van der Waals surface area (Å²) in [5.41, 5.74) is 0.888. The van der Waals surface area contributed by atoms with Crippen molar-refractivity contribution in [1.29, 1.82) is 0 Å². The van der Waals surface area contributed by atoms with E-state index >= 15 is 0 Å². The van der Waals surface area contributed by atoms with E-state index in [0.717, 1.165) is 18.4 Å². The van der Waals surface area contributed by atoms with Crippen LogP contribution in [0.25, 0.3) is 6.08 Å². The zero-order valence-electron chi connectivity index (χ0n) is 11.9. The Morgan fingerprint density at radius 2 is 2.00 bits per heavy atom. The smallest absolute Gasteiger partial charge is 0.328 e. The van der Waals surface area contributed by atoms with Crippen molar-refractivity contribution >= 4 is 29.6 Å². The van der Waals surface area contributed by atoms with Gasteiger partial charge in [0.1, 0.15) is 6.04 Å². The number of amides is 1. The first-order valence-electron chi connectivity index (χ1n) is 6.94. The van der Waals surface area contributed by atoms with E-state index in [1.807, 2.05) is 12.1 Å². The van der Waals surface area contributed by atoms with Crippen molar-refractivity contribution < 1.29 is 14.3 Å². The first-order chi connectivity index (χ1) is 10.1. The highest BCUT2D eigenvalue weighted by atomic mass is 35.5. The highest BCUT2D eigenvalue weighted by Crippen LogP contribution is 2.19. The van der Waals surface area contributed by atoms with E-state index < -0.39 is 6.04 Å². The number of ether oxygens (including phenoxy) is 1. The number of piperidine rings is 1. The van der Waals surface area contributed by atoms with Crippen LogP contribution in [0.2, 0.25) is 5.02 Å². The number of esters is 1. The van der Waals surface area contributed by atoms with Crippen LogP contribution in [0.5, 0.6) is 0 Å². The van der Waals surface area contributed by atoms with Crippen molar-refractivity contribution in [1.82, 2.24) is 4.90 Å². The number of likely N-dealkylation sites (tertiary alicyclic amines) is 1. The SMILES string of the molecule is COC(=O)[C@H]1CCCCN1C(=O)/C=C/c1ccc(Cl)cc1. The summed E-state index contributed by atoms with van der Waals surface area (Å²) in [6.07, 6.45) is 5.72. The van der Waals surface area contributed by atoms with Gasteiger partial charge in [-0.3, -0.25) is 4.79 Å². The van der Waals surface area contributed by atoms with E-state index in [9.17, 15) is 9.59 Å². The number of carbonyl (C=O) groups is 2. The fourth-order valence-electron chi connectivity index (χ4n) is 2.41. The number of hydrogen-bond donors (Lipinski definition) is 0. The average Bonchev–Trinajstić information content (AvgIpc) is 2.53. The largest absolute Gasteiger partial charge is 0.467 e. The Kier molecular flexibility index (Phi) is 5.39. The molecule has 0 aliphatic carbocycles. The van der Waals surface area contributed by atoms with Crippen LogP contribution in [0, 0.1) is 0 Å². The Bertz CT molecular complexity index is 539. The van der Waals surface area contributed by atoms with Gasteiger partial charge in [-0.05, 0) is 43.0 Å². The van der Waals surface area contributed by atoms with Gasteiger partial charge in [-0.1, -0.05) is 23.7 Å². The Morgan fingerprint density at radius 3 is 2.67 bits per heavy atom. The molecule has 5 heteroatoms. The molecular formula is C16H18ClNO3. The predicted molar refractivity (Wildman–Crippen MR) is 81.9 cm³/mol. The van der Waals surface area contributed by atoms with Crippen molar-refractivity contribution in [3.05, 3.63) is 40.9 Å². The molecule has 0 bridgehead atoms. The van der Waals surface area contributed by atoms with Crippen molar-refractivity contribution in [2.45, 2.75) is 25.3 Å². The molecule has 1 aromatic rings. The molecule has 0 spiro atoms. The topological polar surface area (TPSA) is 46.6 Å². The van der Waals surface area contributed by atoms with Crippen molar-refractivity contribution in [2.24, 2.45) is 0 Å². The maximum Gasteiger partial charge on any atom is 0.328 e. The normalized spacial score (nSPS) is 18.8. The van der Waals surface area contributed by atoms with Gasteiger partial charge in [-0.2, -0.15) is 0 Å². The van der Waals surface area contributed by atoms with E-state index in [1.54, 1.807) is 23.1 Å². The van der Waals surface area contributed by atoms with Crippen LogP contribution in [0.1, 0.15) is 24.8 Å². The second-order valence-corrected chi connectivity index (χ2v) is 5.39. The maximum absolute atomic E-state index is 12.3. The fraction of sp³-hybridized carbons (Fsp3) is 0.375. The number of rotatable bonds is 3. The quantitative estimate of drug-likeness (QED) is 0.637. The minimum absolute atomic E-state index is 0.167. The molecule has 1 aromatic carbocycles. The summed E-state index contributed by atoms with van der Waals surface area (Å²) in [4.78, 5) is 25.6. The molecule has 1 heterocycles. The highest BCUT2D eigenvalue weighted by Gasteiger charge is 2.31. The lowest BCUT2D eigenvalue weighted by atomic mass is 10.0. The fourth-order valence-corrected chi connectivity index (χ4v) is 2.54. The molecule has 1 aliphatic rings. The third-order valence-corrected chi connectivity index (χ3v) is 3.80. The maximum atomic E-state index is 12.3. The summed E-state index contributed by atoms with van der Waals surface area (Å²) in [6.45, 7) is 0.587. The number of hydrogen-bond acceptors (Lipinski definition) is 3. The minimum Gasteiger partial charge on any atom is -0.467 e. The van der Waals surface area contributed by atoms with Crippen molar-refractivity contribution in [3.63, 3.8) is 0 Å². The predicted octanol–water partition coefficient (Wildman–Crippen LogP) is 2.91. The summed E-state index contributed by atoms with van der Waals surface area (Å²) in [5, 5.41) is 0.653. The Morgan fingerprint density at radius 1 is 1.29 bits per heavy atom. The van der Waals surface area contributed by atoms with E-state index in [1.165, 1.54) is 13.2 Å². The summed E-state index contributed by atoms with van der Waals surface area (Å²) in [5.74, 6) is -0.511. The summed E-state index contributed by atoms with van der Waals surface area (Å²) in [6, 6.07) is 6.74. The molecule has 4 nitrogen and oxygen atoms in total. The first kappa shape index (κ1) is 15.6. The molecule has 1 aliphatic heterocycles. The molecule has 0 saturated carbocycles. The lowest BCUT2D eigenvalue weighted by molar-refractivity contribution is -0.153. The van der Waals surface area contributed by atoms with Gasteiger partial charge < -0.3 is 9.64 Å². The first-order valence-corrected chi connectivity index (χ1v) is 7.31. The monoisotopic (exact) mass is 307 g/mol. The van der Waals surface area contributed by atoms with E-state index in [2.05, 4.69) is 0 Å². The van der Waals surface area contributed by atoms with Gasteiger partial charge in [0.25, 0.3) is 0 Å². The second kappa shape index (κ2) is 7.27. The lowest BCUT2D eigenvalue weighted by Crippen LogP contribution is -2.47. The number of benzene rings is 1. The number of halogens is 1. The molecule has 0 aromatic heterocycles. The van der Waals surface area contributed by atoms with Crippen LogP contribution in [0.3, 0.4) is 0 Å². The molecule has 0 unspecified atom stereocenters. The van der Waals surface area contributed by atoms with Gasteiger partial charge in [-0.15, -0.1) is 0 Å². The van der Waals surface area contributed by atoms with Crippen molar-refractivity contribution in [3.8, 4) is 0 Å². The highest BCUT2D eigenvalue weighted by molar-refractivity contribution is 6.30. The lowest BCUT2D eigenvalue weighted by Gasteiger charge is -2.32. The molecule has 0 N–H and O–H groups in total. The summed E-state index contributed by atoms with van der Waals surface area (Å²) < 4.78 is 4.77. The van der Waals surface area contributed by atoms with Crippen LogP contribution < -0.4 is 0 Å². The number of nitrogens with zero attached hydrogens (tertiary/aromatic N) is 1. The third-order valence-electron chi connectivity index (χ3n) is 3.55. The number of methoxy groups -OCH3 is 1. The van der Waals surface area contributed by atoms with Crippen LogP contribution in [0.15, 0.2) is 30.3 Å². The molecule has 112 valence electrons. The van der Waals surface area contributed by atoms with Gasteiger partial charge in [0.2, 0.25) is 5.91 Å². The van der Waals surface area contributed by atoms with Gasteiger partial charge in [0, 0.05) is 17.6 Å². The third kappa shape index (κ3) is 4.08. The summed E-state index contributed by atoms with van der Waals surface area (Å²) in [7, 11) is 1.35. The summed E-state index contributed by atoms with van der Waals surface area (Å²) >= 11 is 5.82. The molecule has 1 amide bonds. The molecule has 2 rings (SSSR count). The second-order valence-electron chi connectivity index (χ2n) is 4.95. The Labute approximate surface area is 129 Å². The average molecular weight is 308 g/mol. The zero-order valence-corrected chi connectivity index (χ0v) is 12.7. The molecular weight excluding hydrogens is 290 g/mol. The molecule has 21 heavy (non-hydrogen) atoms. The Hall–Kier alpha value is -1.81. The minimum atomic E-state index is -0.467. The van der Waals surface area contributed by atoms with Crippen LogP contribution in [0.4, 0.5) is 0 Å². The van der Waals surface area contributed by atoms with E-state index in [-0.39, 0.29) is 11.9 Å². The Balaban J connectivity index is 2.06. The molecule has 1 fully saturated rings. The van der Waals surface area contributed by atoms with Crippen LogP contribution in [-0.4, -0.2) is 36.5 Å². The van der Waals surface area contributed by atoms with Crippen molar-refractivity contribution in [2.75, 3.05) is 13.7 Å². The molecule has 1 saturated heterocycles. The van der Waals surface area contributed by atoms with Crippen LogP contribution >= 0.6 is 11.6 Å². The van der Waals surface area contributed by atoms with Gasteiger partial charge in [0.05, 0.1) is 7.11 Å². The van der Waals surface area contributed by atoms with Gasteiger partial charge >= 0.3 is 5.97 Å². The zero-order chi connectivity index (χ0) is 15.2. The van der Waals surface area contributed by atoms with E-state index in [4.69, 9.17) is 16.3 Å². The molecule has 0 radical (unpaired) electrons. The molecule has 1 atom stereocenters. The van der Waals surface area contributed by atoms with E-state index in [0.29, 0.717) is 18.0 Å². The van der Waals surface area contributed by atoms with Crippen LogP contribution in [-0.2, 0) is 14.3 Å². The van der Waals surface area contributed by atoms with Gasteiger partial charge in [-0.25, -0.2) is 4.79 Å².